The topological polar surface area (TPSA) is 75.0 Å². The van der Waals surface area contributed by atoms with E-state index in [0.29, 0.717) is 12.1 Å². The first-order valence-electron chi connectivity index (χ1n) is 4.95. The molecule has 0 atom stereocenters. The highest BCUT2D eigenvalue weighted by Gasteiger charge is 2.55. The summed E-state index contributed by atoms with van der Waals surface area (Å²) in [6.07, 6.45) is -0.824. The van der Waals surface area contributed by atoms with E-state index in [2.05, 4.69) is 0 Å². The quantitative estimate of drug-likeness (QED) is 0.761. The van der Waals surface area contributed by atoms with Crippen LogP contribution in [-0.2, 0) is 14.6 Å². The van der Waals surface area contributed by atoms with Crippen molar-refractivity contribution in [3.8, 4) is 6.07 Å². The Morgan fingerprint density at radius 2 is 1.83 bits per heavy atom. The highest BCUT2D eigenvalue weighted by atomic mass is 32.2. The molecule has 0 heterocycles. The van der Waals surface area contributed by atoms with Gasteiger partial charge in [0.1, 0.15) is 5.78 Å². The van der Waals surface area contributed by atoms with Gasteiger partial charge in [0.15, 0.2) is 26.2 Å². The van der Waals surface area contributed by atoms with Crippen molar-refractivity contribution in [2.75, 3.05) is 0 Å². The summed E-state index contributed by atoms with van der Waals surface area (Å²) in [5.41, 5.74) is 0. The van der Waals surface area contributed by atoms with Gasteiger partial charge < -0.3 is 0 Å². The number of Topliss-reactive ketones (excluding diaryl/α,β-unsaturated/α-hetero) is 1. The van der Waals surface area contributed by atoms with Crippen LogP contribution in [0.5, 0.6) is 0 Å². The molecule has 94 valence electrons. The number of hydrogen-bond donors (Lipinski definition) is 0. The molecule has 0 N–H and O–H groups in total. The lowest BCUT2D eigenvalue weighted by Gasteiger charge is -2.32. The maximum Gasteiger partial charge on any atom is 0.198 e. The van der Waals surface area contributed by atoms with Crippen LogP contribution in [0.1, 0.15) is 12.8 Å². The summed E-state index contributed by atoms with van der Waals surface area (Å²) in [7, 11) is -4.17. The fourth-order valence-corrected chi connectivity index (χ4v) is 3.56. The molecular weight excluding hydrogens is 264 g/mol. The van der Waals surface area contributed by atoms with Crippen molar-refractivity contribution in [1.82, 2.24) is 0 Å². The second kappa shape index (κ2) is 3.85. The number of nitrogens with zero attached hydrogens (tertiary/aromatic N) is 1. The maximum atomic E-state index is 13.0. The number of benzene rings is 1. The summed E-state index contributed by atoms with van der Waals surface area (Å²) in [5.74, 6) is -2.83. The number of hydrogen-bond acceptors (Lipinski definition) is 4. The van der Waals surface area contributed by atoms with Gasteiger partial charge >= 0.3 is 0 Å². The van der Waals surface area contributed by atoms with Crippen LogP contribution >= 0.6 is 0 Å². The third-order valence-electron chi connectivity index (χ3n) is 2.88. The lowest BCUT2D eigenvalue weighted by atomic mass is 9.84. The van der Waals surface area contributed by atoms with E-state index in [9.17, 15) is 22.0 Å². The van der Waals surface area contributed by atoms with E-state index in [1.807, 2.05) is 0 Å². The molecule has 1 aliphatic rings. The van der Waals surface area contributed by atoms with Crippen LogP contribution in [0, 0.1) is 23.0 Å². The molecule has 7 heteroatoms. The third-order valence-corrected chi connectivity index (χ3v) is 5.17. The van der Waals surface area contributed by atoms with Gasteiger partial charge in [0.2, 0.25) is 0 Å². The summed E-state index contributed by atoms with van der Waals surface area (Å²) >= 11 is 0. The smallest absolute Gasteiger partial charge is 0.198 e. The zero-order chi connectivity index (χ0) is 13.6. The molecule has 1 fully saturated rings. The SMILES string of the molecule is N#CC1(S(=O)(=O)c2ccc(F)c(F)c2)CC(=O)C1. The Hall–Kier alpha value is -1.81. The van der Waals surface area contributed by atoms with Crippen LogP contribution in [-0.4, -0.2) is 18.9 Å². The summed E-state index contributed by atoms with van der Waals surface area (Å²) in [5, 5.41) is 8.93. The first kappa shape index (κ1) is 12.6. The van der Waals surface area contributed by atoms with Gasteiger partial charge in [0, 0.05) is 12.8 Å². The number of carbonyl (C=O) groups is 1. The van der Waals surface area contributed by atoms with Gasteiger partial charge in [-0.2, -0.15) is 5.26 Å². The fourth-order valence-electron chi connectivity index (χ4n) is 1.78. The number of sulfone groups is 1. The second-order valence-corrected chi connectivity index (χ2v) is 6.34. The molecule has 2 rings (SSSR count). The van der Waals surface area contributed by atoms with E-state index in [0.717, 1.165) is 6.07 Å². The summed E-state index contributed by atoms with van der Waals surface area (Å²) in [6.45, 7) is 0. The third kappa shape index (κ3) is 1.61. The number of ketones is 1. The monoisotopic (exact) mass is 271 g/mol. The predicted octanol–water partition coefficient (Wildman–Crippen LogP) is 1.36. The van der Waals surface area contributed by atoms with Gasteiger partial charge in [-0.1, -0.05) is 0 Å². The molecule has 1 saturated carbocycles. The molecule has 0 spiro atoms. The minimum atomic E-state index is -4.17. The fraction of sp³-hybridized carbons (Fsp3) is 0.273. The molecule has 1 aromatic carbocycles. The molecule has 0 radical (unpaired) electrons. The molecule has 1 aromatic rings. The van der Waals surface area contributed by atoms with Crippen molar-refractivity contribution in [1.29, 1.82) is 5.26 Å². The van der Waals surface area contributed by atoms with Gasteiger partial charge in [-0.05, 0) is 18.2 Å². The van der Waals surface area contributed by atoms with E-state index < -0.39 is 44.0 Å². The van der Waals surface area contributed by atoms with Crippen LogP contribution in [0.15, 0.2) is 23.1 Å². The summed E-state index contributed by atoms with van der Waals surface area (Å²) in [4.78, 5) is 10.4. The van der Waals surface area contributed by atoms with E-state index in [1.165, 1.54) is 0 Å². The molecule has 1 aliphatic carbocycles. The Labute approximate surface area is 102 Å². The van der Waals surface area contributed by atoms with Crippen LogP contribution < -0.4 is 0 Å². The van der Waals surface area contributed by atoms with Crippen LogP contribution in [0.3, 0.4) is 0 Å². The molecule has 18 heavy (non-hydrogen) atoms. The highest BCUT2D eigenvalue weighted by molar-refractivity contribution is 7.93. The number of rotatable bonds is 2. The Morgan fingerprint density at radius 3 is 2.28 bits per heavy atom. The Balaban J connectivity index is 2.52. The predicted molar refractivity (Wildman–Crippen MR) is 56.1 cm³/mol. The molecule has 4 nitrogen and oxygen atoms in total. The highest BCUT2D eigenvalue weighted by Crippen LogP contribution is 2.40. The largest absolute Gasteiger partial charge is 0.300 e. The Bertz CT molecular complexity index is 668. The molecule has 0 unspecified atom stereocenters. The zero-order valence-electron chi connectivity index (χ0n) is 8.98. The summed E-state index contributed by atoms with van der Waals surface area (Å²) in [6, 6.07) is 3.67. The van der Waals surface area contributed by atoms with E-state index >= 15 is 0 Å². The van der Waals surface area contributed by atoms with Gasteiger partial charge in [-0.3, -0.25) is 4.79 Å². The molecule has 0 bridgehead atoms. The zero-order valence-corrected chi connectivity index (χ0v) is 9.80. The van der Waals surface area contributed by atoms with Crippen molar-refractivity contribution in [2.45, 2.75) is 22.5 Å². The molecule has 0 aromatic heterocycles. The van der Waals surface area contributed by atoms with Crippen molar-refractivity contribution in [3.05, 3.63) is 29.8 Å². The Morgan fingerprint density at radius 1 is 1.22 bits per heavy atom. The van der Waals surface area contributed by atoms with Gasteiger partial charge in [0.25, 0.3) is 0 Å². The van der Waals surface area contributed by atoms with Crippen molar-refractivity contribution in [3.63, 3.8) is 0 Å². The molecule has 0 saturated heterocycles. The first-order valence-corrected chi connectivity index (χ1v) is 6.43. The number of halogens is 2. The van der Waals surface area contributed by atoms with Gasteiger partial charge in [0.05, 0.1) is 11.0 Å². The minimum Gasteiger partial charge on any atom is -0.300 e. The van der Waals surface area contributed by atoms with Crippen molar-refractivity contribution < 1.29 is 22.0 Å². The lowest BCUT2D eigenvalue weighted by molar-refractivity contribution is -0.124. The molecule has 0 aliphatic heterocycles. The minimum absolute atomic E-state index is 0.345. The van der Waals surface area contributed by atoms with Crippen LogP contribution in [0.4, 0.5) is 8.78 Å². The first-order chi connectivity index (χ1) is 8.32. The van der Waals surface area contributed by atoms with Crippen LogP contribution in [0.2, 0.25) is 0 Å². The van der Waals surface area contributed by atoms with Gasteiger partial charge in [-0.25, -0.2) is 17.2 Å². The van der Waals surface area contributed by atoms with E-state index in [-0.39, 0.29) is 5.78 Å². The number of carbonyl (C=O) groups excluding carboxylic acids is 1. The standard InChI is InChI=1S/C11H7F2NO3S/c12-9-2-1-8(3-10(9)13)18(16,17)11(6-14)4-7(15)5-11/h1-3H,4-5H2. The van der Waals surface area contributed by atoms with Crippen molar-refractivity contribution in [2.24, 2.45) is 0 Å². The van der Waals surface area contributed by atoms with Crippen LogP contribution in [0.25, 0.3) is 0 Å². The molecule has 0 amide bonds. The second-order valence-electron chi connectivity index (χ2n) is 4.08. The lowest BCUT2D eigenvalue weighted by Crippen LogP contribution is -2.49. The normalized spacial score (nSPS) is 17.9. The van der Waals surface area contributed by atoms with Crippen molar-refractivity contribution >= 4 is 15.6 Å². The average Bonchev–Trinajstić information content (AvgIpc) is 2.27. The average molecular weight is 271 g/mol. The number of nitriles is 1. The van der Waals surface area contributed by atoms with E-state index in [4.69, 9.17) is 5.26 Å². The van der Waals surface area contributed by atoms with E-state index in [1.54, 1.807) is 6.07 Å². The van der Waals surface area contributed by atoms with Gasteiger partial charge in [-0.15, -0.1) is 0 Å². The summed E-state index contributed by atoms with van der Waals surface area (Å²) < 4.78 is 48.1. The Kier molecular flexibility index (Phi) is 2.70. The molecular formula is C11H7F2NO3S. The maximum absolute atomic E-state index is 13.0.